The molecule has 2 unspecified atom stereocenters. The van der Waals surface area contributed by atoms with Crippen molar-refractivity contribution in [1.29, 1.82) is 0 Å². The van der Waals surface area contributed by atoms with E-state index in [1.54, 1.807) is 12.1 Å². The number of aliphatic hydroxyl groups excluding tert-OH is 1. The van der Waals surface area contributed by atoms with Gasteiger partial charge in [0.05, 0.1) is 16.2 Å². The Bertz CT molecular complexity index is 566. The Morgan fingerprint density at radius 3 is 2.68 bits per heavy atom. The van der Waals surface area contributed by atoms with Gasteiger partial charge in [-0.1, -0.05) is 31.5 Å². The number of hydrogen-bond acceptors (Lipinski definition) is 3. The van der Waals surface area contributed by atoms with Gasteiger partial charge in [-0.3, -0.25) is 0 Å². The van der Waals surface area contributed by atoms with Gasteiger partial charge in [0.2, 0.25) is 0 Å². The average Bonchev–Trinajstić information content (AvgIpc) is 2.32. The molecule has 2 atom stereocenters. The highest BCUT2D eigenvalue weighted by atomic mass is 35.5. The zero-order chi connectivity index (χ0) is 14.3. The second-order valence-electron chi connectivity index (χ2n) is 6.02. The lowest BCUT2D eigenvalue weighted by atomic mass is 9.76. The number of halogens is 1. The number of benzene rings is 1. The predicted molar refractivity (Wildman–Crippen MR) is 76.1 cm³/mol. The minimum atomic E-state index is -3.54. The van der Waals surface area contributed by atoms with Crippen molar-refractivity contribution in [2.75, 3.05) is 0 Å². The van der Waals surface area contributed by atoms with E-state index in [4.69, 9.17) is 11.6 Å². The molecule has 0 amide bonds. The van der Waals surface area contributed by atoms with Crippen molar-refractivity contribution in [2.45, 2.75) is 49.4 Å². The summed E-state index contributed by atoms with van der Waals surface area (Å²) in [6.07, 6.45) is 1.05. The number of hydrogen-bond donors (Lipinski definition) is 1. The van der Waals surface area contributed by atoms with Crippen LogP contribution in [0.4, 0.5) is 0 Å². The van der Waals surface area contributed by atoms with Crippen molar-refractivity contribution in [2.24, 2.45) is 5.41 Å². The van der Waals surface area contributed by atoms with Gasteiger partial charge in [0.15, 0.2) is 9.84 Å². The fourth-order valence-corrected chi connectivity index (χ4v) is 5.03. The van der Waals surface area contributed by atoms with Crippen molar-refractivity contribution in [1.82, 2.24) is 0 Å². The molecule has 5 heteroatoms. The van der Waals surface area contributed by atoms with E-state index in [1.807, 2.05) is 13.8 Å². The van der Waals surface area contributed by atoms with E-state index in [9.17, 15) is 13.5 Å². The molecule has 3 nitrogen and oxygen atoms in total. The van der Waals surface area contributed by atoms with Crippen LogP contribution in [0, 0.1) is 5.41 Å². The molecule has 19 heavy (non-hydrogen) atoms. The largest absolute Gasteiger partial charge is 0.392 e. The minimum absolute atomic E-state index is 0.0600. The lowest BCUT2D eigenvalue weighted by Crippen LogP contribution is -2.42. The van der Waals surface area contributed by atoms with Crippen LogP contribution in [0.25, 0.3) is 0 Å². The molecule has 106 valence electrons. The summed E-state index contributed by atoms with van der Waals surface area (Å²) in [6, 6.07) is 6.25. The van der Waals surface area contributed by atoms with Gasteiger partial charge in [0.25, 0.3) is 0 Å². The van der Waals surface area contributed by atoms with Crippen LogP contribution in [0.1, 0.15) is 33.1 Å². The van der Waals surface area contributed by atoms with E-state index in [0.717, 1.165) is 6.42 Å². The van der Waals surface area contributed by atoms with Crippen LogP contribution in [0.3, 0.4) is 0 Å². The fraction of sp³-hybridized carbons (Fsp3) is 0.571. The van der Waals surface area contributed by atoms with E-state index in [2.05, 4.69) is 0 Å². The summed E-state index contributed by atoms with van der Waals surface area (Å²) < 4.78 is 25.2. The van der Waals surface area contributed by atoms with Crippen LogP contribution < -0.4 is 0 Å². The summed E-state index contributed by atoms with van der Waals surface area (Å²) in [4.78, 5) is 0.196. The fourth-order valence-electron chi connectivity index (χ4n) is 2.64. The summed E-state index contributed by atoms with van der Waals surface area (Å²) in [5, 5.41) is 9.71. The molecule has 0 spiro atoms. The van der Waals surface area contributed by atoms with Gasteiger partial charge in [0.1, 0.15) is 0 Å². The van der Waals surface area contributed by atoms with E-state index >= 15 is 0 Å². The molecule has 0 aliphatic heterocycles. The quantitative estimate of drug-likeness (QED) is 0.913. The number of aliphatic hydroxyl groups is 1. The average molecular weight is 303 g/mol. The zero-order valence-electron chi connectivity index (χ0n) is 11.1. The highest BCUT2D eigenvalue weighted by molar-refractivity contribution is 7.92. The van der Waals surface area contributed by atoms with Crippen LogP contribution in [0.5, 0.6) is 0 Å². The maximum Gasteiger partial charge on any atom is 0.183 e. The first kappa shape index (κ1) is 14.8. The molecule has 1 saturated carbocycles. The van der Waals surface area contributed by atoms with Gasteiger partial charge in [-0.15, -0.1) is 0 Å². The lowest BCUT2D eigenvalue weighted by molar-refractivity contribution is 0.0835. The molecule has 0 radical (unpaired) electrons. The summed E-state index contributed by atoms with van der Waals surface area (Å²) in [5.74, 6) is 0. The van der Waals surface area contributed by atoms with E-state index in [1.165, 1.54) is 12.1 Å². The van der Waals surface area contributed by atoms with Crippen LogP contribution in [-0.2, 0) is 9.84 Å². The monoisotopic (exact) mass is 302 g/mol. The molecule has 1 N–H and O–H groups in total. The summed E-state index contributed by atoms with van der Waals surface area (Å²) in [5.41, 5.74) is -0.0600. The predicted octanol–water partition coefficient (Wildman–Crippen LogP) is 3.05. The van der Waals surface area contributed by atoms with Crippen molar-refractivity contribution in [3.8, 4) is 0 Å². The number of sulfone groups is 1. The summed E-state index contributed by atoms with van der Waals surface area (Å²) >= 11 is 5.86. The second kappa shape index (κ2) is 5.08. The molecular weight excluding hydrogens is 284 g/mol. The van der Waals surface area contributed by atoms with E-state index in [-0.39, 0.29) is 10.3 Å². The standard InChI is InChI=1S/C14H19ClO3S/c1-14(2)7-6-12(16)13(9-14)19(17,18)11-5-3-4-10(15)8-11/h3-5,8,12-13,16H,6-7,9H2,1-2H3. The van der Waals surface area contributed by atoms with Crippen molar-refractivity contribution < 1.29 is 13.5 Å². The maximum atomic E-state index is 12.6. The maximum absolute atomic E-state index is 12.6. The molecule has 1 aromatic rings. The molecule has 0 aromatic heterocycles. The van der Waals surface area contributed by atoms with Gasteiger partial charge < -0.3 is 5.11 Å². The SMILES string of the molecule is CC1(C)CCC(O)C(S(=O)(=O)c2cccc(Cl)c2)C1. The van der Waals surface area contributed by atoms with E-state index in [0.29, 0.717) is 17.9 Å². The minimum Gasteiger partial charge on any atom is -0.392 e. The third-order valence-corrected chi connectivity index (χ3v) is 6.25. The molecule has 2 rings (SSSR count). The van der Waals surface area contributed by atoms with Crippen LogP contribution in [0.15, 0.2) is 29.2 Å². The van der Waals surface area contributed by atoms with Gasteiger partial charge in [-0.25, -0.2) is 8.42 Å². The Morgan fingerprint density at radius 1 is 1.37 bits per heavy atom. The number of rotatable bonds is 2. The smallest absolute Gasteiger partial charge is 0.183 e. The van der Waals surface area contributed by atoms with Crippen LogP contribution >= 0.6 is 11.6 Å². The van der Waals surface area contributed by atoms with Crippen molar-refractivity contribution in [3.05, 3.63) is 29.3 Å². The Balaban J connectivity index is 2.38. The first-order valence-electron chi connectivity index (χ1n) is 6.40. The molecule has 0 bridgehead atoms. The van der Waals surface area contributed by atoms with Gasteiger partial charge in [-0.2, -0.15) is 0 Å². The first-order valence-corrected chi connectivity index (χ1v) is 8.32. The van der Waals surface area contributed by atoms with Gasteiger partial charge in [0, 0.05) is 5.02 Å². The van der Waals surface area contributed by atoms with Crippen LogP contribution in [0.2, 0.25) is 5.02 Å². The molecular formula is C14H19ClO3S. The topological polar surface area (TPSA) is 54.4 Å². The van der Waals surface area contributed by atoms with Gasteiger partial charge >= 0.3 is 0 Å². The highest BCUT2D eigenvalue weighted by Gasteiger charge is 2.42. The summed E-state index contributed by atoms with van der Waals surface area (Å²) in [6.45, 7) is 4.08. The third-order valence-electron chi connectivity index (χ3n) is 3.82. The molecule has 1 aliphatic rings. The third kappa shape index (κ3) is 3.12. The molecule has 1 fully saturated rings. The lowest BCUT2D eigenvalue weighted by Gasteiger charge is -2.38. The second-order valence-corrected chi connectivity index (χ2v) is 8.62. The highest BCUT2D eigenvalue weighted by Crippen LogP contribution is 2.40. The Labute approximate surface area is 119 Å². The van der Waals surface area contributed by atoms with Crippen molar-refractivity contribution >= 4 is 21.4 Å². The molecule has 1 aromatic carbocycles. The van der Waals surface area contributed by atoms with Crippen molar-refractivity contribution in [3.63, 3.8) is 0 Å². The van der Waals surface area contributed by atoms with Gasteiger partial charge in [-0.05, 0) is 42.9 Å². The Morgan fingerprint density at radius 2 is 2.05 bits per heavy atom. The Hall–Kier alpha value is -0.580. The summed E-state index contributed by atoms with van der Waals surface area (Å²) in [7, 11) is -3.54. The molecule has 0 heterocycles. The molecule has 1 aliphatic carbocycles. The molecule has 0 saturated heterocycles. The zero-order valence-corrected chi connectivity index (χ0v) is 12.7. The first-order chi connectivity index (χ1) is 8.72. The normalized spacial score (nSPS) is 27.2. The Kier molecular flexibility index (Phi) is 3.96. The van der Waals surface area contributed by atoms with Crippen LogP contribution in [-0.4, -0.2) is 24.9 Å². The van der Waals surface area contributed by atoms with E-state index < -0.39 is 21.2 Å².